The second kappa shape index (κ2) is 4.82. The maximum absolute atomic E-state index is 14.2. The molecule has 0 aromatic rings. The zero-order chi connectivity index (χ0) is 16.6. The summed E-state index contributed by atoms with van der Waals surface area (Å²) in [6, 6.07) is 0. The van der Waals surface area contributed by atoms with Crippen LogP contribution in [0, 0.1) is 34.5 Å². The van der Waals surface area contributed by atoms with E-state index in [1.54, 1.807) is 6.08 Å². The Bertz CT molecular complexity index is 573. The average molecular weight is 322 g/mol. The van der Waals surface area contributed by atoms with Crippen molar-refractivity contribution in [2.45, 2.75) is 57.9 Å². The molecule has 3 saturated carbocycles. The summed E-state index contributed by atoms with van der Waals surface area (Å²) in [6.45, 7) is 4.21. The molecule has 0 radical (unpaired) electrons. The van der Waals surface area contributed by atoms with E-state index in [0.29, 0.717) is 12.8 Å². The first-order valence-electron chi connectivity index (χ1n) is 8.87. The molecule has 4 aliphatic carbocycles. The van der Waals surface area contributed by atoms with Crippen molar-refractivity contribution >= 4 is 0 Å². The number of alkyl halides is 1. The summed E-state index contributed by atoms with van der Waals surface area (Å²) in [5.74, 6) is 0.738. The third-order valence-corrected chi connectivity index (χ3v) is 7.79. The molecule has 3 N–H and O–H groups in total. The number of rotatable bonds is 0. The number of aliphatic hydroxyl groups is 3. The Balaban J connectivity index is 1.73. The van der Waals surface area contributed by atoms with Crippen molar-refractivity contribution in [3.05, 3.63) is 24.0 Å². The van der Waals surface area contributed by atoms with E-state index in [1.807, 2.05) is 13.0 Å². The van der Waals surface area contributed by atoms with Gasteiger partial charge in [-0.1, -0.05) is 19.9 Å². The summed E-state index contributed by atoms with van der Waals surface area (Å²) < 4.78 is 14.2. The Hall–Kier alpha value is -0.870. The summed E-state index contributed by atoms with van der Waals surface area (Å²) in [5.41, 5.74) is -0.516. The van der Waals surface area contributed by atoms with Crippen LogP contribution in [0.25, 0.3) is 0 Å². The van der Waals surface area contributed by atoms with Gasteiger partial charge in [-0.2, -0.15) is 0 Å². The minimum atomic E-state index is -1.17. The average Bonchev–Trinajstić information content (AvgIpc) is 2.73. The molecule has 4 heteroatoms. The molecule has 0 spiro atoms. The van der Waals surface area contributed by atoms with Crippen LogP contribution in [0.5, 0.6) is 0 Å². The number of fused-ring (bicyclic) bond motifs is 5. The van der Waals surface area contributed by atoms with Gasteiger partial charge < -0.3 is 15.3 Å². The fourth-order valence-electron chi connectivity index (χ4n) is 6.37. The highest BCUT2D eigenvalue weighted by Gasteiger charge is 2.63. The topological polar surface area (TPSA) is 60.7 Å². The monoisotopic (exact) mass is 322 g/mol. The third-order valence-electron chi connectivity index (χ3n) is 7.79. The molecular formula is C19H27FO3. The fraction of sp³-hybridized carbons (Fsp3) is 0.789. The number of allylic oxidation sites excluding steroid dienone is 3. The van der Waals surface area contributed by atoms with Gasteiger partial charge in [-0.25, -0.2) is 4.39 Å². The molecule has 1 unspecified atom stereocenters. The molecule has 9 atom stereocenters. The van der Waals surface area contributed by atoms with Crippen LogP contribution < -0.4 is 0 Å². The smallest absolute Gasteiger partial charge is 0.127 e. The zero-order valence-corrected chi connectivity index (χ0v) is 13.8. The number of hydrogen-bond acceptors (Lipinski definition) is 3. The minimum Gasteiger partial charge on any atom is -0.508 e. The summed E-state index contributed by atoms with van der Waals surface area (Å²) in [5, 5.41) is 31.0. The van der Waals surface area contributed by atoms with Crippen LogP contribution in [0.1, 0.15) is 39.5 Å². The van der Waals surface area contributed by atoms with Gasteiger partial charge in [0.2, 0.25) is 0 Å². The van der Waals surface area contributed by atoms with E-state index < -0.39 is 23.8 Å². The molecule has 0 aliphatic heterocycles. The zero-order valence-electron chi connectivity index (χ0n) is 13.8. The van der Waals surface area contributed by atoms with Gasteiger partial charge in [0, 0.05) is 0 Å². The van der Waals surface area contributed by atoms with E-state index in [1.165, 1.54) is 0 Å². The summed E-state index contributed by atoms with van der Waals surface area (Å²) in [7, 11) is 0. The van der Waals surface area contributed by atoms with Crippen molar-refractivity contribution in [3.8, 4) is 0 Å². The van der Waals surface area contributed by atoms with Gasteiger partial charge in [-0.3, -0.25) is 0 Å². The maximum Gasteiger partial charge on any atom is 0.127 e. The van der Waals surface area contributed by atoms with Gasteiger partial charge in [-0.15, -0.1) is 0 Å². The van der Waals surface area contributed by atoms with Crippen LogP contribution in [0.3, 0.4) is 0 Å². The molecule has 0 aromatic heterocycles. The standard InChI is InChI=1S/C19H27FO3/c1-18-5-3-11(21)7-10(18)8-15(22)16-12(18)4-6-19(2)13(16)9-14(20)17(19)23/h3,5,7,10,12-17,21-23H,4,6,8-9H2,1-2H3/t10-,12+,13+,14-,15+,16?,17+,18+,19+/m1/s1. The Morgan fingerprint density at radius 1 is 1.17 bits per heavy atom. The van der Waals surface area contributed by atoms with Crippen molar-refractivity contribution < 1.29 is 19.7 Å². The van der Waals surface area contributed by atoms with Gasteiger partial charge in [-0.05, 0) is 72.3 Å². The molecule has 0 aromatic carbocycles. The minimum absolute atomic E-state index is 0.0312. The highest BCUT2D eigenvalue weighted by Crippen LogP contribution is 2.65. The molecule has 4 aliphatic rings. The van der Waals surface area contributed by atoms with Crippen LogP contribution in [-0.2, 0) is 0 Å². The van der Waals surface area contributed by atoms with Crippen molar-refractivity contribution in [3.63, 3.8) is 0 Å². The maximum atomic E-state index is 14.2. The third kappa shape index (κ3) is 1.94. The van der Waals surface area contributed by atoms with E-state index in [9.17, 15) is 19.7 Å². The van der Waals surface area contributed by atoms with Crippen LogP contribution >= 0.6 is 0 Å². The summed E-state index contributed by atoms with van der Waals surface area (Å²) in [4.78, 5) is 0. The van der Waals surface area contributed by atoms with E-state index in [2.05, 4.69) is 13.0 Å². The molecule has 0 heterocycles. The SMILES string of the molecule is C[C@]12C=CC(O)=C[C@@H]1C[C@H](O)C1[C@@H]2CC[C@@]2(C)[C@H]1C[C@@H](F)[C@@H]2O. The van der Waals surface area contributed by atoms with Crippen molar-refractivity contribution in [2.24, 2.45) is 34.5 Å². The van der Waals surface area contributed by atoms with Crippen molar-refractivity contribution in [1.29, 1.82) is 0 Å². The van der Waals surface area contributed by atoms with Crippen LogP contribution in [-0.4, -0.2) is 33.7 Å². The Kier molecular flexibility index (Phi) is 3.28. The quantitative estimate of drug-likeness (QED) is 0.642. The first-order chi connectivity index (χ1) is 10.8. The molecule has 3 fully saturated rings. The lowest BCUT2D eigenvalue weighted by molar-refractivity contribution is -0.138. The van der Waals surface area contributed by atoms with E-state index in [4.69, 9.17) is 0 Å². The Morgan fingerprint density at radius 3 is 2.65 bits per heavy atom. The number of hydrogen-bond donors (Lipinski definition) is 3. The second-order valence-corrected chi connectivity index (χ2v) is 8.73. The van der Waals surface area contributed by atoms with E-state index in [0.717, 1.165) is 12.8 Å². The largest absolute Gasteiger partial charge is 0.508 e. The number of halogens is 1. The number of aliphatic hydroxyl groups excluding tert-OH is 3. The van der Waals surface area contributed by atoms with Crippen molar-refractivity contribution in [2.75, 3.05) is 0 Å². The van der Waals surface area contributed by atoms with Gasteiger partial charge in [0.1, 0.15) is 11.9 Å². The molecule has 0 bridgehead atoms. The van der Waals surface area contributed by atoms with Gasteiger partial charge in [0.25, 0.3) is 0 Å². The predicted molar refractivity (Wildman–Crippen MR) is 85.4 cm³/mol. The van der Waals surface area contributed by atoms with E-state index in [-0.39, 0.29) is 34.8 Å². The van der Waals surface area contributed by atoms with Crippen LogP contribution in [0.2, 0.25) is 0 Å². The summed E-state index contributed by atoms with van der Waals surface area (Å²) in [6.07, 6.45) is 5.82. The normalized spacial score (nSPS) is 58.1. The first-order valence-corrected chi connectivity index (χ1v) is 8.87. The van der Waals surface area contributed by atoms with Crippen LogP contribution in [0.15, 0.2) is 24.0 Å². The molecule has 0 amide bonds. The molecule has 3 nitrogen and oxygen atoms in total. The molecular weight excluding hydrogens is 295 g/mol. The lowest BCUT2D eigenvalue weighted by Gasteiger charge is -2.59. The van der Waals surface area contributed by atoms with Gasteiger partial charge in [0.15, 0.2) is 0 Å². The molecule has 23 heavy (non-hydrogen) atoms. The van der Waals surface area contributed by atoms with Crippen molar-refractivity contribution in [1.82, 2.24) is 0 Å². The second-order valence-electron chi connectivity index (χ2n) is 8.73. The molecule has 128 valence electrons. The highest BCUT2D eigenvalue weighted by molar-refractivity contribution is 5.28. The fourth-order valence-corrected chi connectivity index (χ4v) is 6.37. The Labute approximate surface area is 136 Å². The van der Waals surface area contributed by atoms with Gasteiger partial charge >= 0.3 is 0 Å². The molecule has 0 saturated heterocycles. The van der Waals surface area contributed by atoms with E-state index >= 15 is 0 Å². The lowest BCUT2D eigenvalue weighted by Crippen LogP contribution is -2.57. The van der Waals surface area contributed by atoms with Crippen LogP contribution in [0.4, 0.5) is 4.39 Å². The predicted octanol–water partition coefficient (Wildman–Crippen LogP) is 3.14. The summed E-state index contributed by atoms with van der Waals surface area (Å²) >= 11 is 0. The molecule has 4 rings (SSSR count). The highest BCUT2D eigenvalue weighted by atomic mass is 19.1. The lowest BCUT2D eigenvalue weighted by atomic mass is 9.46. The Morgan fingerprint density at radius 2 is 1.91 bits per heavy atom. The van der Waals surface area contributed by atoms with Gasteiger partial charge in [0.05, 0.1) is 12.2 Å². The first kappa shape index (κ1) is 15.6.